The van der Waals surface area contributed by atoms with Gasteiger partial charge in [-0.15, -0.1) is 0 Å². The van der Waals surface area contributed by atoms with E-state index >= 15 is 0 Å². The van der Waals surface area contributed by atoms with Gasteiger partial charge >= 0.3 is 0 Å². The largest absolute Gasteiger partial charge is 0.760 e. The van der Waals surface area contributed by atoms with Gasteiger partial charge in [0.1, 0.15) is 10.8 Å². The van der Waals surface area contributed by atoms with E-state index in [0.29, 0.717) is 40.2 Å². The zero-order valence-corrected chi connectivity index (χ0v) is 25.9. The minimum atomic E-state index is -2.37. The number of anilines is 4. The molecule has 3 aromatic rings. The summed E-state index contributed by atoms with van der Waals surface area (Å²) in [5.74, 6) is 1.92. The molecule has 1 aromatic heterocycles. The number of ether oxygens (including phenoxy) is 1. The van der Waals surface area contributed by atoms with Crippen LogP contribution in [0.4, 0.5) is 23.1 Å². The number of piperidine rings is 2. The molecule has 0 radical (unpaired) electrons. The molecule has 13 heteroatoms. The lowest BCUT2D eigenvalue weighted by molar-refractivity contribution is 0.0793. The Kier molecular flexibility index (Phi) is 11.2. The number of hydrogen-bond acceptors (Lipinski definition) is 10. The van der Waals surface area contributed by atoms with E-state index in [9.17, 15) is 13.9 Å². The molecule has 0 spiro atoms. The van der Waals surface area contributed by atoms with Crippen molar-refractivity contribution in [3.8, 4) is 5.75 Å². The topological polar surface area (TPSA) is 138 Å². The number of nitrogens with zero attached hydrogens (tertiary/aromatic N) is 4. The smallest absolute Gasteiger partial charge is 0.229 e. The van der Waals surface area contributed by atoms with Crippen LogP contribution in [0, 0.1) is 0 Å². The van der Waals surface area contributed by atoms with E-state index in [4.69, 9.17) is 16.3 Å². The summed E-state index contributed by atoms with van der Waals surface area (Å²) in [7, 11) is 1.66. The van der Waals surface area contributed by atoms with E-state index in [1.165, 1.54) is 24.6 Å². The number of benzene rings is 2. The number of aromatic nitrogens is 2. The maximum Gasteiger partial charge on any atom is 0.229 e. The van der Waals surface area contributed by atoms with Crippen LogP contribution in [0.5, 0.6) is 5.75 Å². The average Bonchev–Trinajstić information content (AvgIpc) is 3.03. The molecule has 2 fully saturated rings. The Morgan fingerprint density at radius 3 is 2.56 bits per heavy atom. The Labute approximate surface area is 260 Å². The van der Waals surface area contributed by atoms with E-state index < -0.39 is 11.3 Å². The van der Waals surface area contributed by atoms with Crippen LogP contribution >= 0.6 is 11.6 Å². The number of likely N-dealkylation sites (tertiary alicyclic amines) is 2. The van der Waals surface area contributed by atoms with Crippen molar-refractivity contribution in [1.82, 2.24) is 24.5 Å². The summed E-state index contributed by atoms with van der Waals surface area (Å²) >= 11 is 4.03. The molecule has 3 heterocycles. The summed E-state index contributed by atoms with van der Waals surface area (Å²) < 4.78 is 30.1. The fraction of sp³-hybridized carbons (Fsp3) is 0.467. The first-order valence-corrected chi connectivity index (χ1v) is 16.1. The molecule has 232 valence electrons. The first-order valence-electron chi connectivity index (χ1n) is 14.7. The fourth-order valence-electron chi connectivity index (χ4n) is 6.01. The first-order chi connectivity index (χ1) is 20.9. The molecule has 11 nitrogen and oxygen atoms in total. The Morgan fingerprint density at radius 2 is 1.84 bits per heavy atom. The lowest BCUT2D eigenvalue weighted by Gasteiger charge is -2.42. The molecule has 2 aliphatic heterocycles. The number of rotatable bonds is 12. The molecule has 5 rings (SSSR count). The minimum absolute atomic E-state index is 0.125. The van der Waals surface area contributed by atoms with Crippen molar-refractivity contribution in [1.29, 1.82) is 0 Å². The van der Waals surface area contributed by atoms with Gasteiger partial charge in [0, 0.05) is 36.1 Å². The van der Waals surface area contributed by atoms with Crippen LogP contribution < -0.4 is 20.1 Å². The number of hydrogen-bond donors (Lipinski definition) is 4. The van der Waals surface area contributed by atoms with Crippen LogP contribution in [0.3, 0.4) is 0 Å². The maximum absolute atomic E-state index is 11.0. The Bertz CT molecular complexity index is 1380. The van der Waals surface area contributed by atoms with E-state index in [1.807, 2.05) is 30.3 Å². The molecule has 1 atom stereocenters. The van der Waals surface area contributed by atoms with Crippen LogP contribution in [0.1, 0.15) is 42.7 Å². The van der Waals surface area contributed by atoms with Gasteiger partial charge in [-0.3, -0.25) is 4.21 Å². The van der Waals surface area contributed by atoms with Gasteiger partial charge in [0.2, 0.25) is 5.95 Å². The first kappa shape index (κ1) is 31.6. The normalized spacial score (nSPS) is 18.0. The van der Waals surface area contributed by atoms with Crippen molar-refractivity contribution < 1.29 is 18.6 Å². The van der Waals surface area contributed by atoms with E-state index in [0.717, 1.165) is 56.8 Å². The number of aliphatic hydroxyl groups is 1. The van der Waals surface area contributed by atoms with E-state index in [-0.39, 0.29) is 13.2 Å². The molecular formula is C30H39ClN7O4S-. The van der Waals surface area contributed by atoms with Gasteiger partial charge in [0.05, 0.1) is 25.6 Å². The van der Waals surface area contributed by atoms with Gasteiger partial charge in [-0.1, -0.05) is 35.9 Å². The van der Waals surface area contributed by atoms with Gasteiger partial charge in [-0.2, -0.15) is 4.98 Å². The Balaban J connectivity index is 1.22. The predicted octanol–water partition coefficient (Wildman–Crippen LogP) is 4.15. The quantitative estimate of drug-likeness (QED) is 0.217. The highest BCUT2D eigenvalue weighted by atomic mass is 35.5. The Morgan fingerprint density at radius 1 is 1.07 bits per heavy atom. The summed E-state index contributed by atoms with van der Waals surface area (Å²) in [6.07, 6.45) is 6.10. The van der Waals surface area contributed by atoms with Crippen molar-refractivity contribution in [3.63, 3.8) is 0 Å². The van der Waals surface area contributed by atoms with Gasteiger partial charge in [-0.05, 0) is 87.1 Å². The number of β-amino-alcohol motifs (C(OH)–C–C–N with tert-alkyl or cyclic N) is 1. The van der Waals surface area contributed by atoms with Crippen molar-refractivity contribution in [3.05, 3.63) is 64.8 Å². The van der Waals surface area contributed by atoms with E-state index in [2.05, 4.69) is 47.3 Å². The fourth-order valence-corrected chi connectivity index (χ4v) is 6.42. The number of halogens is 1. The highest BCUT2D eigenvalue weighted by molar-refractivity contribution is 7.77. The van der Waals surface area contributed by atoms with Crippen LogP contribution in [0.15, 0.2) is 48.7 Å². The highest BCUT2D eigenvalue weighted by Gasteiger charge is 2.29. The van der Waals surface area contributed by atoms with Crippen molar-refractivity contribution in [2.45, 2.75) is 44.2 Å². The molecule has 2 aliphatic rings. The molecule has 2 aromatic carbocycles. The summed E-state index contributed by atoms with van der Waals surface area (Å²) in [5, 5.41) is 16.0. The van der Waals surface area contributed by atoms with E-state index in [1.54, 1.807) is 7.11 Å². The minimum Gasteiger partial charge on any atom is -0.760 e. The molecular weight excluding hydrogens is 590 g/mol. The molecule has 0 amide bonds. The molecule has 0 bridgehead atoms. The van der Waals surface area contributed by atoms with Crippen LogP contribution in [0.25, 0.3) is 0 Å². The van der Waals surface area contributed by atoms with Crippen molar-refractivity contribution in [2.24, 2.45) is 0 Å². The molecule has 0 aliphatic carbocycles. The predicted molar refractivity (Wildman–Crippen MR) is 169 cm³/mol. The lowest BCUT2D eigenvalue weighted by Crippen LogP contribution is -2.47. The second-order valence-corrected chi connectivity index (χ2v) is 12.1. The number of aliphatic hydroxyl groups excluding tert-OH is 1. The molecule has 1 unspecified atom stereocenters. The summed E-state index contributed by atoms with van der Waals surface area (Å²) in [5.41, 5.74) is 3.42. The van der Waals surface area contributed by atoms with Gasteiger partial charge in [0.25, 0.3) is 0 Å². The second-order valence-electron chi connectivity index (χ2n) is 10.9. The Hall–Kier alpha value is -2.84. The maximum atomic E-state index is 11.0. The van der Waals surface area contributed by atoms with Crippen molar-refractivity contribution in [2.75, 3.05) is 57.1 Å². The molecule has 43 heavy (non-hydrogen) atoms. The SMILES string of the molecule is COc1cc(C2CCN(C3CCN(CCO)CC3)CC2)ccc1Nc1ncc(Cl)c(Nc2ccccc2CNS(=O)[O-])n1. The third-order valence-electron chi connectivity index (χ3n) is 8.36. The third-order valence-corrected chi connectivity index (χ3v) is 9.01. The van der Waals surface area contributed by atoms with Crippen molar-refractivity contribution >= 4 is 46.0 Å². The summed E-state index contributed by atoms with van der Waals surface area (Å²) in [6, 6.07) is 14.2. The lowest BCUT2D eigenvalue weighted by atomic mass is 9.87. The van der Waals surface area contributed by atoms with Crippen LogP contribution in [0.2, 0.25) is 5.02 Å². The van der Waals surface area contributed by atoms with Crippen LogP contribution in [-0.4, -0.2) is 86.1 Å². The van der Waals surface area contributed by atoms with Crippen LogP contribution in [-0.2, 0) is 17.8 Å². The summed E-state index contributed by atoms with van der Waals surface area (Å²) in [6.45, 7) is 5.48. The molecule has 0 saturated carbocycles. The second kappa shape index (κ2) is 15.2. The molecule has 4 N–H and O–H groups in total. The average molecular weight is 629 g/mol. The summed E-state index contributed by atoms with van der Waals surface area (Å²) in [4.78, 5) is 13.9. The highest BCUT2D eigenvalue weighted by Crippen LogP contribution is 2.36. The van der Waals surface area contributed by atoms with Gasteiger partial charge < -0.3 is 34.8 Å². The number of nitrogens with one attached hydrogen (secondary N) is 3. The third kappa shape index (κ3) is 8.42. The van der Waals surface area contributed by atoms with Gasteiger partial charge in [-0.25, -0.2) is 9.71 Å². The number of methoxy groups -OCH3 is 1. The standard InChI is InChI=1S/C30H40ClN7O4S/c1-42-28-18-22(21-8-14-38(15-9-21)24-10-12-37(13-11-24)16-17-39)6-7-27(28)35-30-32-20-25(31)29(36-30)34-26-5-3-2-4-23(26)19-33-43(40)41/h2-7,18,20-21,24,33,39H,8-17,19H2,1H3,(H,40,41)(H2,32,34,35,36)/p-1. The monoisotopic (exact) mass is 628 g/mol. The zero-order chi connectivity index (χ0) is 30.2. The number of para-hydroxylation sites is 1. The molecule has 2 saturated heterocycles. The zero-order valence-electron chi connectivity index (χ0n) is 24.3. The van der Waals surface area contributed by atoms with Gasteiger partial charge in [0.15, 0.2) is 5.82 Å².